The summed E-state index contributed by atoms with van der Waals surface area (Å²) in [5, 5.41) is 9.86. The molecular weight excluding hydrogens is 358 g/mol. The maximum Gasteiger partial charge on any atom is 0.305 e. The lowest BCUT2D eigenvalue weighted by molar-refractivity contribution is -0.137. The van der Waals surface area contributed by atoms with Gasteiger partial charge in [0.25, 0.3) is 0 Å². The largest absolute Gasteiger partial charge is 0.598 e. The molecule has 25 heavy (non-hydrogen) atoms. The summed E-state index contributed by atoms with van der Waals surface area (Å²) in [5.74, 6) is -0.948. The molecule has 2 rings (SSSR count). The predicted molar refractivity (Wildman–Crippen MR) is 103 cm³/mol. The van der Waals surface area contributed by atoms with Gasteiger partial charge in [-0.3, -0.25) is 4.79 Å². The van der Waals surface area contributed by atoms with E-state index >= 15 is 0 Å². The van der Waals surface area contributed by atoms with E-state index in [9.17, 15) is 14.5 Å². The summed E-state index contributed by atoms with van der Waals surface area (Å²) in [6.07, 6.45) is -0.152. The smallest absolute Gasteiger partial charge is 0.305 e. The molecular formula is C19H22ClNO3S. The third-order valence-electron chi connectivity index (χ3n) is 3.63. The second-order valence-electron chi connectivity index (χ2n) is 6.79. The average Bonchev–Trinajstić information content (AvgIpc) is 2.53. The van der Waals surface area contributed by atoms with Crippen molar-refractivity contribution in [3.8, 4) is 11.1 Å². The van der Waals surface area contributed by atoms with Gasteiger partial charge in [0.1, 0.15) is 4.75 Å². The molecule has 6 heteroatoms. The van der Waals surface area contributed by atoms with Crippen LogP contribution in [0.4, 0.5) is 0 Å². The molecule has 4 nitrogen and oxygen atoms in total. The Morgan fingerprint density at radius 2 is 1.80 bits per heavy atom. The highest BCUT2D eigenvalue weighted by Crippen LogP contribution is 2.28. The van der Waals surface area contributed by atoms with Crippen LogP contribution in [0.5, 0.6) is 0 Å². The minimum Gasteiger partial charge on any atom is -0.598 e. The van der Waals surface area contributed by atoms with E-state index in [1.54, 1.807) is 6.07 Å². The SMILES string of the molecule is CC(C)(C)[S+]([O-])NC(CC(=O)O)c1cccc(-c2cccc(Cl)c2)c1. The molecule has 0 aliphatic carbocycles. The van der Waals surface area contributed by atoms with Crippen LogP contribution < -0.4 is 4.72 Å². The molecule has 2 atom stereocenters. The van der Waals surface area contributed by atoms with Gasteiger partial charge < -0.3 is 9.66 Å². The van der Waals surface area contributed by atoms with Crippen molar-refractivity contribution in [1.82, 2.24) is 4.72 Å². The summed E-state index contributed by atoms with van der Waals surface area (Å²) in [6, 6.07) is 14.5. The molecule has 0 spiro atoms. The van der Waals surface area contributed by atoms with Gasteiger partial charge in [-0.15, -0.1) is 4.72 Å². The Morgan fingerprint density at radius 3 is 2.36 bits per heavy atom. The normalized spacial score (nSPS) is 14.1. The topological polar surface area (TPSA) is 72.4 Å². The maximum atomic E-state index is 12.4. The van der Waals surface area contributed by atoms with E-state index < -0.39 is 28.1 Å². The van der Waals surface area contributed by atoms with E-state index in [1.165, 1.54) is 0 Å². The molecule has 2 aromatic carbocycles. The van der Waals surface area contributed by atoms with E-state index in [4.69, 9.17) is 11.6 Å². The molecule has 0 saturated heterocycles. The van der Waals surface area contributed by atoms with Crippen molar-refractivity contribution < 1.29 is 14.5 Å². The van der Waals surface area contributed by atoms with Crippen LogP contribution in [0.25, 0.3) is 11.1 Å². The van der Waals surface area contributed by atoms with Gasteiger partial charge in [0, 0.05) is 16.4 Å². The number of carboxylic acids is 1. The molecule has 0 radical (unpaired) electrons. The second-order valence-corrected chi connectivity index (χ2v) is 9.22. The minimum atomic E-state index is -1.37. The van der Waals surface area contributed by atoms with Crippen LogP contribution in [0.1, 0.15) is 38.8 Å². The first-order valence-electron chi connectivity index (χ1n) is 7.92. The Morgan fingerprint density at radius 1 is 1.20 bits per heavy atom. The van der Waals surface area contributed by atoms with Crippen LogP contribution in [0.3, 0.4) is 0 Å². The Hall–Kier alpha value is -1.53. The van der Waals surface area contributed by atoms with Gasteiger partial charge in [0.05, 0.1) is 12.5 Å². The molecule has 0 heterocycles. The van der Waals surface area contributed by atoms with Gasteiger partial charge in [0.2, 0.25) is 0 Å². The number of benzene rings is 2. The van der Waals surface area contributed by atoms with Crippen molar-refractivity contribution in [2.24, 2.45) is 0 Å². The number of hydrogen-bond acceptors (Lipinski definition) is 3. The Labute approximate surface area is 156 Å². The second kappa shape index (κ2) is 8.23. The van der Waals surface area contributed by atoms with Gasteiger partial charge in [-0.1, -0.05) is 41.9 Å². The zero-order chi connectivity index (χ0) is 18.6. The number of aliphatic carboxylic acids is 1. The fourth-order valence-electron chi connectivity index (χ4n) is 2.31. The predicted octanol–water partition coefficient (Wildman–Crippen LogP) is 4.57. The average molecular weight is 380 g/mol. The number of carbonyl (C=O) groups is 1. The van der Waals surface area contributed by atoms with E-state index in [0.29, 0.717) is 5.02 Å². The number of halogens is 1. The summed E-state index contributed by atoms with van der Waals surface area (Å²) in [5.41, 5.74) is 2.65. The van der Waals surface area contributed by atoms with Gasteiger partial charge in [0.15, 0.2) is 0 Å². The van der Waals surface area contributed by atoms with Crippen molar-refractivity contribution in [2.45, 2.75) is 38.0 Å². The first-order valence-corrected chi connectivity index (χ1v) is 9.45. The standard InChI is InChI=1S/C19H22ClNO3S/c1-19(2,3)25(24)21-17(12-18(22)23)15-8-4-6-13(10-15)14-7-5-9-16(20)11-14/h4-11,17,21H,12H2,1-3H3,(H,22,23). The molecule has 0 saturated carbocycles. The lowest BCUT2D eigenvalue weighted by Crippen LogP contribution is -2.41. The molecule has 0 fully saturated rings. The molecule has 134 valence electrons. The number of carboxylic acid groups (broad SMARTS) is 1. The van der Waals surface area contributed by atoms with Crippen molar-refractivity contribution >= 4 is 28.9 Å². The van der Waals surface area contributed by atoms with Crippen LogP contribution in [0.15, 0.2) is 48.5 Å². The Kier molecular flexibility index (Phi) is 6.52. The van der Waals surface area contributed by atoms with Gasteiger partial charge in [-0.25, -0.2) is 0 Å². The molecule has 0 aliphatic rings. The molecule has 0 bridgehead atoms. The lowest BCUT2D eigenvalue weighted by Gasteiger charge is -2.27. The quantitative estimate of drug-likeness (QED) is 0.721. The van der Waals surface area contributed by atoms with Crippen molar-refractivity contribution in [2.75, 3.05) is 0 Å². The minimum absolute atomic E-state index is 0.152. The number of rotatable bonds is 6. The van der Waals surface area contributed by atoms with Crippen LogP contribution in [-0.4, -0.2) is 20.4 Å². The summed E-state index contributed by atoms with van der Waals surface area (Å²) in [7, 11) is 0. The molecule has 0 aliphatic heterocycles. The summed E-state index contributed by atoms with van der Waals surface area (Å²) in [4.78, 5) is 11.3. The zero-order valence-corrected chi connectivity index (χ0v) is 16.0. The summed E-state index contributed by atoms with van der Waals surface area (Å²) >= 11 is 4.68. The molecule has 0 amide bonds. The van der Waals surface area contributed by atoms with Crippen molar-refractivity contribution in [1.29, 1.82) is 0 Å². The van der Waals surface area contributed by atoms with Crippen molar-refractivity contribution in [3.05, 3.63) is 59.1 Å². The highest BCUT2D eigenvalue weighted by molar-refractivity contribution is 7.90. The van der Waals surface area contributed by atoms with Gasteiger partial charge in [-0.05, 0) is 55.7 Å². The van der Waals surface area contributed by atoms with E-state index in [-0.39, 0.29) is 6.42 Å². The first kappa shape index (κ1) is 19.8. The van der Waals surface area contributed by atoms with Gasteiger partial charge in [-0.2, -0.15) is 0 Å². The Bertz CT molecular complexity index is 745. The fourth-order valence-corrected chi connectivity index (χ4v) is 3.33. The zero-order valence-electron chi connectivity index (χ0n) is 14.5. The van der Waals surface area contributed by atoms with Crippen LogP contribution in [0, 0.1) is 0 Å². The molecule has 0 aromatic heterocycles. The highest BCUT2D eigenvalue weighted by Gasteiger charge is 2.30. The first-order chi connectivity index (χ1) is 11.7. The Balaban J connectivity index is 2.34. The van der Waals surface area contributed by atoms with Crippen molar-refractivity contribution in [3.63, 3.8) is 0 Å². The molecule has 2 aromatic rings. The fraction of sp³-hybridized carbons (Fsp3) is 0.316. The lowest BCUT2D eigenvalue weighted by atomic mass is 9.98. The van der Waals surface area contributed by atoms with Gasteiger partial charge >= 0.3 is 5.97 Å². The van der Waals surface area contributed by atoms with Crippen LogP contribution in [0.2, 0.25) is 5.02 Å². The van der Waals surface area contributed by atoms with E-state index in [2.05, 4.69) is 4.72 Å². The summed E-state index contributed by atoms with van der Waals surface area (Å²) < 4.78 is 14.9. The maximum absolute atomic E-state index is 12.4. The summed E-state index contributed by atoms with van der Waals surface area (Å²) in [6.45, 7) is 5.53. The number of nitrogens with one attached hydrogen (secondary N) is 1. The van der Waals surface area contributed by atoms with Crippen LogP contribution >= 0.6 is 11.6 Å². The highest BCUT2D eigenvalue weighted by atomic mass is 35.5. The number of hydrogen-bond donors (Lipinski definition) is 2. The van der Waals surface area contributed by atoms with Crippen LogP contribution in [-0.2, 0) is 16.2 Å². The van der Waals surface area contributed by atoms with E-state index in [0.717, 1.165) is 16.7 Å². The monoisotopic (exact) mass is 379 g/mol. The third-order valence-corrected chi connectivity index (χ3v) is 5.48. The molecule has 2 unspecified atom stereocenters. The molecule has 2 N–H and O–H groups in total. The van der Waals surface area contributed by atoms with E-state index in [1.807, 2.05) is 63.2 Å². The third kappa shape index (κ3) is 5.75.